The van der Waals surface area contributed by atoms with Gasteiger partial charge in [-0.3, -0.25) is 4.31 Å². The molecule has 0 aliphatic rings. The summed E-state index contributed by atoms with van der Waals surface area (Å²) in [5.74, 6) is 0. The summed E-state index contributed by atoms with van der Waals surface area (Å²) in [5, 5.41) is 9.05. The third-order valence-corrected chi connectivity index (χ3v) is 4.99. The lowest BCUT2D eigenvalue weighted by molar-refractivity contribution is 0.591. The van der Waals surface area contributed by atoms with E-state index in [0.29, 0.717) is 5.69 Å². The molecule has 0 aliphatic heterocycles. The molecule has 2 aromatic rings. The summed E-state index contributed by atoms with van der Waals surface area (Å²) in [7, 11) is -3.81. The van der Waals surface area contributed by atoms with Gasteiger partial charge in [0.15, 0.2) is 5.69 Å². The highest BCUT2D eigenvalue weighted by Gasteiger charge is 2.26. The van der Waals surface area contributed by atoms with E-state index >= 15 is 0 Å². The Hall–Kier alpha value is -2.39. The second kappa shape index (κ2) is 5.94. The third kappa shape index (κ3) is 2.88. The molecule has 0 saturated carbocycles. The van der Waals surface area contributed by atoms with Crippen molar-refractivity contribution in [1.29, 1.82) is 5.26 Å². The molecule has 2 rings (SSSR count). The first-order valence-corrected chi connectivity index (χ1v) is 7.89. The molecule has 0 spiro atoms. The zero-order valence-corrected chi connectivity index (χ0v) is 12.6. The van der Waals surface area contributed by atoms with Crippen LogP contribution in [0.4, 0.5) is 5.69 Å². The highest BCUT2D eigenvalue weighted by atomic mass is 32.2. The highest BCUT2D eigenvalue weighted by Crippen LogP contribution is 2.24. The maximum Gasteiger partial charge on any atom is 0.267 e. The van der Waals surface area contributed by atoms with Crippen molar-refractivity contribution in [3.8, 4) is 6.07 Å². The van der Waals surface area contributed by atoms with Gasteiger partial charge in [-0.1, -0.05) is 17.7 Å². The second-order valence-electron chi connectivity index (χ2n) is 4.47. The van der Waals surface area contributed by atoms with Crippen molar-refractivity contribution in [3.63, 3.8) is 0 Å². The molecule has 0 aliphatic carbocycles. The summed E-state index contributed by atoms with van der Waals surface area (Å²) in [6, 6.07) is 11.9. The Labute approximate surface area is 124 Å². The molecule has 1 aromatic carbocycles. The monoisotopic (exact) mass is 301 g/mol. The van der Waals surface area contributed by atoms with Crippen LogP contribution in [0.1, 0.15) is 18.2 Å². The molecule has 1 heterocycles. The van der Waals surface area contributed by atoms with Gasteiger partial charge in [-0.25, -0.2) is 13.4 Å². The number of aromatic nitrogens is 1. The zero-order chi connectivity index (χ0) is 15.5. The number of hydrogen-bond acceptors (Lipinski definition) is 4. The van der Waals surface area contributed by atoms with Crippen molar-refractivity contribution in [3.05, 3.63) is 53.9 Å². The Bertz CT molecular complexity index is 777. The molecule has 1 aromatic heterocycles. The van der Waals surface area contributed by atoms with Crippen LogP contribution >= 0.6 is 0 Å². The van der Waals surface area contributed by atoms with E-state index < -0.39 is 10.0 Å². The highest BCUT2D eigenvalue weighted by molar-refractivity contribution is 7.92. The topological polar surface area (TPSA) is 74.1 Å². The molecular weight excluding hydrogens is 286 g/mol. The molecule has 0 fully saturated rings. The minimum absolute atomic E-state index is 0.0741. The van der Waals surface area contributed by atoms with Gasteiger partial charge in [0.05, 0.1) is 5.69 Å². The van der Waals surface area contributed by atoms with Gasteiger partial charge in [-0.05, 0) is 38.1 Å². The van der Waals surface area contributed by atoms with Gasteiger partial charge in [0, 0.05) is 12.7 Å². The molecule has 21 heavy (non-hydrogen) atoms. The normalized spacial score (nSPS) is 10.9. The third-order valence-electron chi connectivity index (χ3n) is 3.05. The number of pyridine rings is 1. The average molecular weight is 301 g/mol. The standard InChI is InChI=1S/C15H15N3O2S/c1-3-18(13-8-6-12(2)7-9-13)21(19,20)15-5-4-10-17-14(15)11-16/h4-10H,3H2,1-2H3. The summed E-state index contributed by atoms with van der Waals surface area (Å²) in [5.41, 5.74) is 1.52. The van der Waals surface area contributed by atoms with E-state index in [4.69, 9.17) is 5.26 Å². The number of anilines is 1. The molecule has 108 valence electrons. The van der Waals surface area contributed by atoms with Crippen LogP contribution in [0.2, 0.25) is 0 Å². The van der Waals surface area contributed by atoms with Gasteiger partial charge in [0.1, 0.15) is 11.0 Å². The van der Waals surface area contributed by atoms with Crippen LogP contribution in [-0.2, 0) is 10.0 Å². The largest absolute Gasteiger partial charge is 0.267 e. The van der Waals surface area contributed by atoms with Gasteiger partial charge in [0.2, 0.25) is 0 Å². The first-order chi connectivity index (χ1) is 10.0. The molecule has 6 heteroatoms. The lowest BCUT2D eigenvalue weighted by atomic mass is 10.2. The summed E-state index contributed by atoms with van der Waals surface area (Å²) >= 11 is 0. The Morgan fingerprint density at radius 3 is 2.48 bits per heavy atom. The fourth-order valence-electron chi connectivity index (χ4n) is 2.00. The van der Waals surface area contributed by atoms with Gasteiger partial charge < -0.3 is 0 Å². The first-order valence-electron chi connectivity index (χ1n) is 6.45. The summed E-state index contributed by atoms with van der Waals surface area (Å²) < 4.78 is 26.8. The maximum atomic E-state index is 12.8. The fraction of sp³-hybridized carbons (Fsp3) is 0.200. The van der Waals surface area contributed by atoms with Crippen LogP contribution in [0, 0.1) is 18.3 Å². The number of nitrogens with zero attached hydrogens (tertiary/aromatic N) is 3. The minimum atomic E-state index is -3.81. The number of benzene rings is 1. The molecule has 0 N–H and O–H groups in total. The summed E-state index contributed by atoms with van der Waals surface area (Å²) in [4.78, 5) is 3.75. The van der Waals surface area contributed by atoms with Gasteiger partial charge in [0.25, 0.3) is 10.0 Å². The molecule has 0 radical (unpaired) electrons. The van der Waals surface area contributed by atoms with E-state index in [-0.39, 0.29) is 17.1 Å². The minimum Gasteiger partial charge on any atom is -0.267 e. The van der Waals surface area contributed by atoms with Crippen LogP contribution < -0.4 is 4.31 Å². The van der Waals surface area contributed by atoms with E-state index in [2.05, 4.69) is 4.98 Å². The van der Waals surface area contributed by atoms with Crippen molar-refractivity contribution in [2.75, 3.05) is 10.8 Å². The average Bonchev–Trinajstić information content (AvgIpc) is 2.49. The van der Waals surface area contributed by atoms with E-state index in [1.165, 1.54) is 22.6 Å². The molecule has 0 atom stereocenters. The number of sulfonamides is 1. The number of rotatable bonds is 4. The molecule has 0 amide bonds. The lowest BCUT2D eigenvalue weighted by Crippen LogP contribution is -2.31. The predicted molar refractivity (Wildman–Crippen MR) is 80.3 cm³/mol. The van der Waals surface area contributed by atoms with E-state index in [0.717, 1.165) is 5.56 Å². The van der Waals surface area contributed by atoms with Crippen molar-refractivity contribution in [2.24, 2.45) is 0 Å². The molecular formula is C15H15N3O2S. The number of hydrogen-bond donors (Lipinski definition) is 0. The van der Waals surface area contributed by atoms with Crippen molar-refractivity contribution in [1.82, 2.24) is 4.98 Å². The van der Waals surface area contributed by atoms with Gasteiger partial charge in [-0.2, -0.15) is 5.26 Å². The van der Waals surface area contributed by atoms with Gasteiger partial charge >= 0.3 is 0 Å². The lowest BCUT2D eigenvalue weighted by Gasteiger charge is -2.23. The molecule has 0 unspecified atom stereocenters. The van der Waals surface area contributed by atoms with Crippen LogP contribution in [-0.4, -0.2) is 19.9 Å². The van der Waals surface area contributed by atoms with Crippen molar-refractivity contribution < 1.29 is 8.42 Å². The smallest absolute Gasteiger partial charge is 0.267 e. The van der Waals surface area contributed by atoms with E-state index in [9.17, 15) is 8.42 Å². The Morgan fingerprint density at radius 2 is 1.90 bits per heavy atom. The van der Waals surface area contributed by atoms with Gasteiger partial charge in [-0.15, -0.1) is 0 Å². The quantitative estimate of drug-likeness (QED) is 0.869. The van der Waals surface area contributed by atoms with Crippen LogP contribution in [0.15, 0.2) is 47.5 Å². The van der Waals surface area contributed by atoms with Crippen molar-refractivity contribution in [2.45, 2.75) is 18.7 Å². The van der Waals surface area contributed by atoms with Crippen LogP contribution in [0.25, 0.3) is 0 Å². The Kier molecular flexibility index (Phi) is 4.24. The van der Waals surface area contributed by atoms with Crippen LogP contribution in [0.5, 0.6) is 0 Å². The maximum absolute atomic E-state index is 12.8. The van der Waals surface area contributed by atoms with E-state index in [1.54, 1.807) is 19.1 Å². The molecule has 0 bridgehead atoms. The summed E-state index contributed by atoms with van der Waals surface area (Å²) in [6.45, 7) is 3.95. The van der Waals surface area contributed by atoms with E-state index in [1.807, 2.05) is 25.1 Å². The zero-order valence-electron chi connectivity index (χ0n) is 11.8. The number of aryl methyl sites for hydroxylation is 1. The Morgan fingerprint density at radius 1 is 1.24 bits per heavy atom. The van der Waals surface area contributed by atoms with Crippen LogP contribution in [0.3, 0.4) is 0 Å². The second-order valence-corrected chi connectivity index (χ2v) is 6.30. The first kappa shape index (κ1) is 15.0. The van der Waals surface area contributed by atoms with Crippen molar-refractivity contribution >= 4 is 15.7 Å². The summed E-state index contributed by atoms with van der Waals surface area (Å²) in [6.07, 6.45) is 1.40. The fourth-order valence-corrected chi connectivity index (χ4v) is 3.57. The molecule has 5 nitrogen and oxygen atoms in total. The SMILES string of the molecule is CCN(c1ccc(C)cc1)S(=O)(=O)c1cccnc1C#N. The predicted octanol–water partition coefficient (Wildman–Crippen LogP) is 2.48. The Balaban J connectivity index is 2.55. The molecule has 0 saturated heterocycles. The number of nitriles is 1.